The molecule has 0 N–H and O–H groups in total. The van der Waals surface area contributed by atoms with Gasteiger partial charge in [-0.3, -0.25) is 23.1 Å². The second-order valence-corrected chi connectivity index (χ2v) is 11.7. The molecule has 2 aromatic rings. The van der Waals surface area contributed by atoms with E-state index in [4.69, 9.17) is 32.1 Å². The summed E-state index contributed by atoms with van der Waals surface area (Å²) in [5, 5.41) is 0. The third kappa shape index (κ3) is 10.9. The second kappa shape index (κ2) is 17.2. The van der Waals surface area contributed by atoms with Gasteiger partial charge in [0.15, 0.2) is 5.85 Å². The third-order valence-electron chi connectivity index (χ3n) is 5.04. The fourth-order valence-corrected chi connectivity index (χ4v) is 7.12. The summed E-state index contributed by atoms with van der Waals surface area (Å²) in [4.78, 5) is 4.49. The molecular weight excluding hydrogens is 532 g/mol. The SMILES string of the molecule is CCOP(=O)(OCC)OC(c1ccc(OCCOCCCc2cccc(C)n2)cc1)P(=O)(OCC)OCC. The van der Waals surface area contributed by atoms with Crippen LogP contribution in [-0.2, 0) is 42.9 Å². The van der Waals surface area contributed by atoms with Crippen LogP contribution in [0.5, 0.6) is 5.75 Å². The van der Waals surface area contributed by atoms with Crippen molar-refractivity contribution in [3.05, 3.63) is 59.4 Å². The van der Waals surface area contributed by atoms with E-state index in [9.17, 15) is 9.13 Å². The van der Waals surface area contributed by atoms with Crippen LogP contribution in [0.1, 0.15) is 56.9 Å². The Bertz CT molecular complexity index is 1020. The molecule has 1 atom stereocenters. The van der Waals surface area contributed by atoms with Gasteiger partial charge in [-0.1, -0.05) is 18.2 Å². The van der Waals surface area contributed by atoms with Gasteiger partial charge in [0.2, 0.25) is 0 Å². The molecule has 12 heteroatoms. The number of aryl methyl sites for hydroxylation is 2. The van der Waals surface area contributed by atoms with Crippen LogP contribution in [0, 0.1) is 6.92 Å². The van der Waals surface area contributed by atoms with E-state index in [0.717, 1.165) is 24.2 Å². The standard InChI is InChI=1S/C26H41NO9P2/c1-6-32-37(28,33-7-2)26(36-38(29,34-8-3)35-9-4)23-15-17-25(18-16-23)31-21-20-30-19-11-14-24-13-10-12-22(5)27-24/h10,12-13,15-18,26H,6-9,11,14,19-21H2,1-5H3. The van der Waals surface area contributed by atoms with Crippen molar-refractivity contribution in [3.8, 4) is 5.75 Å². The van der Waals surface area contributed by atoms with E-state index in [2.05, 4.69) is 4.98 Å². The van der Waals surface area contributed by atoms with E-state index >= 15 is 0 Å². The zero-order valence-electron chi connectivity index (χ0n) is 23.0. The second-order valence-electron chi connectivity index (χ2n) is 8.02. The van der Waals surface area contributed by atoms with E-state index in [1.807, 2.05) is 25.1 Å². The van der Waals surface area contributed by atoms with Crippen molar-refractivity contribution in [2.45, 2.75) is 53.3 Å². The van der Waals surface area contributed by atoms with E-state index in [1.165, 1.54) is 0 Å². The van der Waals surface area contributed by atoms with Crippen LogP contribution in [0.15, 0.2) is 42.5 Å². The molecule has 0 aliphatic carbocycles. The summed E-state index contributed by atoms with van der Waals surface area (Å²) in [7, 11) is -7.93. The zero-order chi connectivity index (χ0) is 27.9. The molecule has 0 aliphatic rings. The number of hydrogen-bond donors (Lipinski definition) is 0. The fourth-order valence-electron chi connectivity index (χ4n) is 3.51. The molecular formula is C26H41NO9P2. The van der Waals surface area contributed by atoms with Crippen LogP contribution in [0.25, 0.3) is 0 Å². The average Bonchev–Trinajstić information content (AvgIpc) is 2.88. The van der Waals surface area contributed by atoms with Gasteiger partial charge >= 0.3 is 15.4 Å². The van der Waals surface area contributed by atoms with Crippen molar-refractivity contribution in [2.75, 3.05) is 46.2 Å². The molecule has 2 rings (SSSR count). The topological polar surface area (TPSA) is 112 Å². The highest BCUT2D eigenvalue weighted by Crippen LogP contribution is 2.67. The van der Waals surface area contributed by atoms with Gasteiger partial charge < -0.3 is 18.5 Å². The van der Waals surface area contributed by atoms with Crippen LogP contribution in [0.2, 0.25) is 0 Å². The molecule has 1 heterocycles. The molecule has 1 aromatic carbocycles. The van der Waals surface area contributed by atoms with E-state index in [1.54, 1.807) is 52.0 Å². The number of phosphoric acid groups is 1. The minimum absolute atomic E-state index is 0.0786. The number of benzene rings is 1. The van der Waals surface area contributed by atoms with Crippen LogP contribution < -0.4 is 4.74 Å². The Balaban J connectivity index is 1.98. The van der Waals surface area contributed by atoms with Gasteiger partial charge in [-0.15, -0.1) is 0 Å². The Labute approximate surface area is 226 Å². The quantitative estimate of drug-likeness (QED) is 0.123. The maximum Gasteiger partial charge on any atom is 0.475 e. The summed E-state index contributed by atoms with van der Waals surface area (Å²) in [6.45, 7) is 10.4. The maximum atomic E-state index is 13.6. The monoisotopic (exact) mass is 573 g/mol. The minimum atomic E-state index is -4.03. The summed E-state index contributed by atoms with van der Waals surface area (Å²) >= 11 is 0. The molecule has 0 amide bonds. The normalized spacial score (nSPS) is 13.0. The zero-order valence-corrected chi connectivity index (χ0v) is 24.8. The van der Waals surface area contributed by atoms with Crippen molar-refractivity contribution < 1.29 is 41.2 Å². The highest BCUT2D eigenvalue weighted by molar-refractivity contribution is 7.55. The molecule has 0 spiro atoms. The lowest BCUT2D eigenvalue weighted by Gasteiger charge is -2.29. The van der Waals surface area contributed by atoms with Gasteiger partial charge in [-0.05, 0) is 77.3 Å². The first-order valence-electron chi connectivity index (χ1n) is 13.0. The highest BCUT2D eigenvalue weighted by Gasteiger charge is 2.44. The Morgan fingerprint density at radius 3 is 2.00 bits per heavy atom. The van der Waals surface area contributed by atoms with Crippen LogP contribution in [0.3, 0.4) is 0 Å². The fraction of sp³-hybridized carbons (Fsp3) is 0.577. The Morgan fingerprint density at radius 2 is 1.42 bits per heavy atom. The minimum Gasteiger partial charge on any atom is -0.491 e. The van der Waals surface area contributed by atoms with Crippen molar-refractivity contribution in [3.63, 3.8) is 0 Å². The third-order valence-corrected chi connectivity index (χ3v) is 9.04. The lowest BCUT2D eigenvalue weighted by molar-refractivity contribution is 0.0891. The number of rotatable bonds is 20. The van der Waals surface area contributed by atoms with E-state index < -0.39 is 21.3 Å². The van der Waals surface area contributed by atoms with Crippen LogP contribution >= 0.6 is 15.4 Å². The molecule has 0 saturated heterocycles. The number of pyridine rings is 1. The predicted octanol–water partition coefficient (Wildman–Crippen LogP) is 6.88. The summed E-state index contributed by atoms with van der Waals surface area (Å²) in [6, 6.07) is 12.7. The van der Waals surface area contributed by atoms with Gasteiger partial charge in [-0.2, -0.15) is 0 Å². The Morgan fingerprint density at radius 1 is 0.789 bits per heavy atom. The van der Waals surface area contributed by atoms with Gasteiger partial charge in [0.1, 0.15) is 12.4 Å². The molecule has 1 aromatic heterocycles. The molecule has 0 aliphatic heterocycles. The van der Waals surface area contributed by atoms with Crippen molar-refractivity contribution >= 4 is 15.4 Å². The molecule has 0 bridgehead atoms. The first kappa shape index (κ1) is 32.6. The smallest absolute Gasteiger partial charge is 0.475 e. The number of ether oxygens (including phenoxy) is 2. The maximum absolute atomic E-state index is 13.6. The molecule has 0 radical (unpaired) electrons. The molecule has 0 saturated carbocycles. The summed E-state index contributed by atoms with van der Waals surface area (Å²) in [5.41, 5.74) is 2.49. The summed E-state index contributed by atoms with van der Waals surface area (Å²) < 4.78 is 65.4. The lowest BCUT2D eigenvalue weighted by Crippen LogP contribution is -2.12. The molecule has 1 unspecified atom stereocenters. The van der Waals surface area contributed by atoms with Crippen molar-refractivity contribution in [1.82, 2.24) is 4.98 Å². The van der Waals surface area contributed by atoms with Crippen LogP contribution in [-0.4, -0.2) is 51.2 Å². The number of phosphoric ester groups is 1. The van der Waals surface area contributed by atoms with Crippen LogP contribution in [0.4, 0.5) is 0 Å². The van der Waals surface area contributed by atoms with Gasteiger partial charge in [0.25, 0.3) is 0 Å². The van der Waals surface area contributed by atoms with Gasteiger partial charge in [-0.25, -0.2) is 4.57 Å². The number of hydrogen-bond acceptors (Lipinski definition) is 10. The molecule has 214 valence electrons. The molecule has 10 nitrogen and oxygen atoms in total. The number of aromatic nitrogens is 1. The van der Waals surface area contributed by atoms with Gasteiger partial charge in [0.05, 0.1) is 33.0 Å². The average molecular weight is 574 g/mol. The highest BCUT2D eigenvalue weighted by atomic mass is 31.2. The number of nitrogens with zero attached hydrogens (tertiary/aromatic N) is 1. The lowest BCUT2D eigenvalue weighted by atomic mass is 10.2. The molecule has 0 fully saturated rings. The molecule has 38 heavy (non-hydrogen) atoms. The van der Waals surface area contributed by atoms with Crippen molar-refractivity contribution in [2.24, 2.45) is 0 Å². The first-order valence-corrected chi connectivity index (χ1v) is 16.1. The summed E-state index contributed by atoms with van der Waals surface area (Å²) in [6.07, 6.45) is 1.74. The van der Waals surface area contributed by atoms with Gasteiger partial charge in [0, 0.05) is 18.0 Å². The first-order chi connectivity index (χ1) is 18.3. The largest absolute Gasteiger partial charge is 0.491 e. The Kier molecular flexibility index (Phi) is 14.7. The van der Waals surface area contributed by atoms with E-state index in [-0.39, 0.29) is 26.4 Å². The predicted molar refractivity (Wildman–Crippen MR) is 146 cm³/mol. The Hall–Kier alpha value is -1.61. The van der Waals surface area contributed by atoms with E-state index in [0.29, 0.717) is 31.1 Å². The van der Waals surface area contributed by atoms with Crippen molar-refractivity contribution in [1.29, 1.82) is 0 Å². The summed E-state index contributed by atoms with van der Waals surface area (Å²) in [5.74, 6) is -0.743.